The molecular formula is C18H20F2N2O4S. The van der Waals surface area contributed by atoms with E-state index >= 15 is 0 Å². The summed E-state index contributed by atoms with van der Waals surface area (Å²) in [5, 5.41) is 2.31. The SMILES string of the molecule is COc1c(F)cc(NC(=O)CCNS(=O)(=O)c2cc(C)ccc2C)cc1F. The van der Waals surface area contributed by atoms with Crippen LogP contribution in [0.15, 0.2) is 35.2 Å². The van der Waals surface area contributed by atoms with Gasteiger partial charge in [-0.05, 0) is 31.0 Å². The third-order valence-electron chi connectivity index (χ3n) is 3.76. The van der Waals surface area contributed by atoms with Gasteiger partial charge in [-0.25, -0.2) is 21.9 Å². The second kappa shape index (κ2) is 8.45. The second-order valence-corrected chi connectivity index (χ2v) is 7.67. The molecular weight excluding hydrogens is 378 g/mol. The molecule has 0 heterocycles. The Kier molecular flexibility index (Phi) is 6.50. The average molecular weight is 398 g/mol. The zero-order valence-corrected chi connectivity index (χ0v) is 15.9. The summed E-state index contributed by atoms with van der Waals surface area (Å²) >= 11 is 0. The third-order valence-corrected chi connectivity index (χ3v) is 5.37. The van der Waals surface area contributed by atoms with Gasteiger partial charge in [-0.3, -0.25) is 4.79 Å². The number of amides is 1. The van der Waals surface area contributed by atoms with Gasteiger partial charge in [-0.1, -0.05) is 12.1 Å². The quantitative estimate of drug-likeness (QED) is 0.751. The molecule has 6 nitrogen and oxygen atoms in total. The fraction of sp³-hybridized carbons (Fsp3) is 0.278. The van der Waals surface area contributed by atoms with Crippen molar-refractivity contribution in [3.63, 3.8) is 0 Å². The predicted molar refractivity (Wildman–Crippen MR) is 97.3 cm³/mol. The third kappa shape index (κ3) is 5.24. The maximum Gasteiger partial charge on any atom is 0.240 e. The van der Waals surface area contributed by atoms with Gasteiger partial charge in [0.2, 0.25) is 15.9 Å². The lowest BCUT2D eigenvalue weighted by atomic mass is 10.2. The Morgan fingerprint density at radius 3 is 2.33 bits per heavy atom. The first-order chi connectivity index (χ1) is 12.6. The number of anilines is 1. The average Bonchev–Trinajstić information content (AvgIpc) is 2.56. The minimum absolute atomic E-state index is 0.0896. The van der Waals surface area contributed by atoms with Crippen LogP contribution in [-0.2, 0) is 14.8 Å². The van der Waals surface area contributed by atoms with E-state index in [1.54, 1.807) is 32.0 Å². The summed E-state index contributed by atoms with van der Waals surface area (Å²) in [6.07, 6.45) is -0.209. The smallest absolute Gasteiger partial charge is 0.240 e. The van der Waals surface area contributed by atoms with Gasteiger partial charge in [0.25, 0.3) is 0 Å². The van der Waals surface area contributed by atoms with Gasteiger partial charge in [0.05, 0.1) is 12.0 Å². The lowest BCUT2D eigenvalue weighted by molar-refractivity contribution is -0.116. The number of ether oxygens (including phenoxy) is 1. The first-order valence-corrected chi connectivity index (χ1v) is 9.52. The van der Waals surface area contributed by atoms with E-state index in [1.807, 2.05) is 0 Å². The van der Waals surface area contributed by atoms with Crippen molar-refractivity contribution in [2.75, 3.05) is 19.0 Å². The van der Waals surface area contributed by atoms with E-state index in [9.17, 15) is 22.0 Å². The number of rotatable bonds is 7. The van der Waals surface area contributed by atoms with Crippen molar-refractivity contribution in [2.24, 2.45) is 0 Å². The molecule has 0 atom stereocenters. The zero-order chi connectivity index (χ0) is 20.2. The molecule has 0 saturated heterocycles. The highest BCUT2D eigenvalue weighted by Crippen LogP contribution is 2.25. The highest BCUT2D eigenvalue weighted by molar-refractivity contribution is 7.89. The van der Waals surface area contributed by atoms with Crippen molar-refractivity contribution in [3.05, 3.63) is 53.1 Å². The number of hydrogen-bond donors (Lipinski definition) is 2. The molecule has 0 unspecified atom stereocenters. The normalized spacial score (nSPS) is 11.3. The topological polar surface area (TPSA) is 84.5 Å². The fourth-order valence-corrected chi connectivity index (χ4v) is 3.78. The molecule has 0 aliphatic rings. The molecule has 0 aliphatic heterocycles. The monoisotopic (exact) mass is 398 g/mol. The van der Waals surface area contributed by atoms with Crippen molar-refractivity contribution in [1.29, 1.82) is 0 Å². The molecule has 0 fully saturated rings. The zero-order valence-electron chi connectivity index (χ0n) is 15.1. The van der Waals surface area contributed by atoms with E-state index in [0.717, 1.165) is 24.8 Å². The van der Waals surface area contributed by atoms with Gasteiger partial charge in [0.15, 0.2) is 17.4 Å². The Morgan fingerprint density at radius 2 is 1.74 bits per heavy atom. The van der Waals surface area contributed by atoms with Crippen LogP contribution in [-0.4, -0.2) is 28.0 Å². The predicted octanol–water partition coefficient (Wildman–Crippen LogP) is 2.90. The van der Waals surface area contributed by atoms with E-state index in [1.165, 1.54) is 0 Å². The largest absolute Gasteiger partial charge is 0.491 e. The molecule has 0 saturated carbocycles. The van der Waals surface area contributed by atoms with Crippen LogP contribution in [0.1, 0.15) is 17.5 Å². The van der Waals surface area contributed by atoms with Crippen molar-refractivity contribution in [1.82, 2.24) is 4.72 Å². The maximum absolute atomic E-state index is 13.6. The number of hydrogen-bond acceptors (Lipinski definition) is 4. The summed E-state index contributed by atoms with van der Waals surface area (Å²) < 4.78 is 58.8. The molecule has 0 radical (unpaired) electrons. The summed E-state index contributed by atoms with van der Waals surface area (Å²) in [5.74, 6) is -3.05. The van der Waals surface area contributed by atoms with Gasteiger partial charge in [0, 0.05) is 30.8 Å². The molecule has 27 heavy (non-hydrogen) atoms. The Morgan fingerprint density at radius 1 is 1.11 bits per heavy atom. The van der Waals surface area contributed by atoms with Crippen molar-refractivity contribution >= 4 is 21.6 Å². The molecule has 9 heteroatoms. The highest BCUT2D eigenvalue weighted by atomic mass is 32.2. The first-order valence-electron chi connectivity index (χ1n) is 8.04. The van der Waals surface area contributed by atoms with Gasteiger partial charge in [-0.2, -0.15) is 0 Å². The molecule has 2 N–H and O–H groups in total. The molecule has 1 amide bonds. The number of halogens is 2. The summed E-state index contributed by atoms with van der Waals surface area (Å²) in [6.45, 7) is 3.29. The molecule has 0 aromatic heterocycles. The molecule has 0 spiro atoms. The number of aryl methyl sites for hydroxylation is 2. The molecule has 2 aromatic rings. The van der Waals surface area contributed by atoms with Crippen LogP contribution in [0.4, 0.5) is 14.5 Å². The van der Waals surface area contributed by atoms with Crippen LogP contribution in [0, 0.1) is 25.5 Å². The standard InChI is InChI=1S/C18H20F2N2O4S/c1-11-4-5-12(2)16(8-11)27(24,25)21-7-6-17(23)22-13-9-14(19)18(26-3)15(20)10-13/h4-5,8-10,21H,6-7H2,1-3H3,(H,22,23). The Hall–Kier alpha value is -2.52. The Balaban J connectivity index is 1.97. The van der Waals surface area contributed by atoms with Gasteiger partial charge >= 0.3 is 0 Å². The van der Waals surface area contributed by atoms with E-state index in [4.69, 9.17) is 0 Å². The van der Waals surface area contributed by atoms with Crippen LogP contribution in [0.25, 0.3) is 0 Å². The van der Waals surface area contributed by atoms with Gasteiger partial charge in [0.1, 0.15) is 0 Å². The summed E-state index contributed by atoms with van der Waals surface area (Å²) in [4.78, 5) is 12.1. The van der Waals surface area contributed by atoms with Crippen LogP contribution in [0.2, 0.25) is 0 Å². The summed E-state index contributed by atoms with van der Waals surface area (Å²) in [6, 6.07) is 6.87. The Bertz CT molecular complexity index is 939. The number of methoxy groups -OCH3 is 1. The van der Waals surface area contributed by atoms with E-state index in [0.29, 0.717) is 5.56 Å². The highest BCUT2D eigenvalue weighted by Gasteiger charge is 2.17. The van der Waals surface area contributed by atoms with Crippen LogP contribution in [0.3, 0.4) is 0 Å². The van der Waals surface area contributed by atoms with Gasteiger partial charge in [-0.15, -0.1) is 0 Å². The fourth-order valence-electron chi connectivity index (χ4n) is 2.42. The molecule has 2 rings (SSSR count). The molecule has 0 aliphatic carbocycles. The maximum atomic E-state index is 13.6. The second-order valence-electron chi connectivity index (χ2n) is 5.94. The van der Waals surface area contributed by atoms with Crippen molar-refractivity contribution in [2.45, 2.75) is 25.2 Å². The number of benzene rings is 2. The van der Waals surface area contributed by atoms with Crippen LogP contribution in [0.5, 0.6) is 5.75 Å². The van der Waals surface area contributed by atoms with E-state index in [-0.39, 0.29) is 23.5 Å². The molecule has 2 aromatic carbocycles. The molecule has 0 bridgehead atoms. The van der Waals surface area contributed by atoms with Crippen molar-refractivity contribution in [3.8, 4) is 5.75 Å². The summed E-state index contributed by atoms with van der Waals surface area (Å²) in [5.41, 5.74) is 1.29. The van der Waals surface area contributed by atoms with Crippen molar-refractivity contribution < 1.29 is 26.7 Å². The Labute approximate surface area is 156 Å². The summed E-state index contributed by atoms with van der Waals surface area (Å²) in [7, 11) is -2.64. The number of sulfonamides is 1. The first kappa shape index (κ1) is 20.8. The van der Waals surface area contributed by atoms with Crippen LogP contribution >= 0.6 is 0 Å². The molecule has 146 valence electrons. The number of carbonyl (C=O) groups excluding carboxylic acids is 1. The minimum atomic E-state index is -3.77. The van der Waals surface area contributed by atoms with Gasteiger partial charge < -0.3 is 10.1 Å². The number of carbonyl (C=O) groups is 1. The number of nitrogens with one attached hydrogen (secondary N) is 2. The van der Waals surface area contributed by atoms with Crippen LogP contribution < -0.4 is 14.8 Å². The van der Waals surface area contributed by atoms with E-state index < -0.39 is 33.3 Å². The van der Waals surface area contributed by atoms with E-state index in [2.05, 4.69) is 14.8 Å². The lowest BCUT2D eigenvalue weighted by Crippen LogP contribution is -2.28. The minimum Gasteiger partial charge on any atom is -0.491 e. The lowest BCUT2D eigenvalue weighted by Gasteiger charge is -2.11.